The van der Waals surface area contributed by atoms with E-state index in [0.717, 1.165) is 22.0 Å². The number of piperazine rings is 1. The van der Waals surface area contributed by atoms with E-state index in [1.54, 1.807) is 44.4 Å². The van der Waals surface area contributed by atoms with Crippen LogP contribution in [0.3, 0.4) is 0 Å². The molecule has 0 N–H and O–H groups in total. The van der Waals surface area contributed by atoms with Gasteiger partial charge < -0.3 is 0 Å². The maximum atomic E-state index is 13.4. The highest BCUT2D eigenvalue weighted by Crippen LogP contribution is 2.34. The summed E-state index contributed by atoms with van der Waals surface area (Å²) in [7, 11) is -1.48. The van der Waals surface area contributed by atoms with Crippen LogP contribution >= 0.6 is 0 Å². The largest absolute Gasteiger partial charge is 0.390 e. The molecule has 12 heteroatoms. The lowest BCUT2D eigenvalue weighted by atomic mass is 9.96. The first-order valence-electron chi connectivity index (χ1n) is 12.4. The number of hydrogen-bond donors (Lipinski definition) is 0. The Morgan fingerprint density at radius 3 is 2.53 bits per heavy atom. The molecular formula is C26H28F4N6OS. The summed E-state index contributed by atoms with van der Waals surface area (Å²) in [5.41, 5.74) is 3.26. The van der Waals surface area contributed by atoms with Crippen LogP contribution in [0.4, 0.5) is 17.6 Å². The molecule has 0 aliphatic carbocycles. The fourth-order valence-corrected chi connectivity index (χ4v) is 6.05. The van der Waals surface area contributed by atoms with E-state index in [-0.39, 0.29) is 12.4 Å². The second kappa shape index (κ2) is 10.6. The second-order valence-corrected chi connectivity index (χ2v) is 10.9. The van der Waals surface area contributed by atoms with Gasteiger partial charge in [0.1, 0.15) is 16.8 Å². The summed E-state index contributed by atoms with van der Waals surface area (Å²) in [6.07, 6.45) is -0.179. The fraction of sp³-hybridized carbons (Fsp3) is 0.385. The molecule has 1 aliphatic heterocycles. The van der Waals surface area contributed by atoms with Crippen LogP contribution in [-0.4, -0.2) is 65.3 Å². The molecule has 2 atom stereocenters. The average Bonchev–Trinajstić information content (AvgIpc) is 3.54. The highest BCUT2D eigenvalue weighted by molar-refractivity contribution is 7.82. The predicted molar refractivity (Wildman–Crippen MR) is 137 cm³/mol. The van der Waals surface area contributed by atoms with Crippen molar-refractivity contribution in [2.75, 3.05) is 26.2 Å². The Bertz CT molecular complexity index is 1450. The molecule has 1 fully saturated rings. The van der Waals surface area contributed by atoms with Crippen molar-refractivity contribution < 1.29 is 21.8 Å². The number of fused-ring (bicyclic) bond motifs is 1. The van der Waals surface area contributed by atoms with Crippen molar-refractivity contribution >= 4 is 21.9 Å². The van der Waals surface area contributed by atoms with Crippen LogP contribution in [0, 0.1) is 12.7 Å². The number of benzene rings is 2. The van der Waals surface area contributed by atoms with Crippen LogP contribution in [0.25, 0.3) is 16.6 Å². The van der Waals surface area contributed by atoms with E-state index in [4.69, 9.17) is 0 Å². The summed E-state index contributed by atoms with van der Waals surface area (Å²) in [4.78, 5) is 2.40. The van der Waals surface area contributed by atoms with E-state index in [9.17, 15) is 21.8 Å². The molecule has 2 aromatic carbocycles. The third-order valence-electron chi connectivity index (χ3n) is 6.89. The lowest BCUT2D eigenvalue weighted by Crippen LogP contribution is -2.49. The smallest absolute Gasteiger partial charge is 0.293 e. The minimum absolute atomic E-state index is 0.144. The Hall–Kier alpha value is -3.09. The molecule has 4 aromatic rings. The van der Waals surface area contributed by atoms with Crippen LogP contribution in [0.1, 0.15) is 30.5 Å². The van der Waals surface area contributed by atoms with Gasteiger partial charge in [0, 0.05) is 50.3 Å². The first kappa shape index (κ1) is 26.5. The maximum absolute atomic E-state index is 13.4. The highest BCUT2D eigenvalue weighted by atomic mass is 32.2. The van der Waals surface area contributed by atoms with Crippen LogP contribution in [-0.2, 0) is 17.5 Å². The average molecular weight is 549 g/mol. The second-order valence-electron chi connectivity index (χ2n) is 9.39. The van der Waals surface area contributed by atoms with Crippen molar-refractivity contribution in [2.24, 2.45) is 0 Å². The van der Waals surface area contributed by atoms with Gasteiger partial charge >= 0.3 is 6.18 Å². The van der Waals surface area contributed by atoms with Crippen LogP contribution in [0.15, 0.2) is 59.9 Å². The van der Waals surface area contributed by atoms with E-state index in [1.807, 2.05) is 30.9 Å². The Morgan fingerprint density at radius 1 is 1.08 bits per heavy atom. The molecule has 0 bridgehead atoms. The zero-order chi connectivity index (χ0) is 27.0. The number of halogens is 4. The third kappa shape index (κ3) is 5.52. The quantitative estimate of drug-likeness (QED) is 0.304. The Balaban J connectivity index is 1.48. The molecular weight excluding hydrogens is 520 g/mol. The summed E-state index contributed by atoms with van der Waals surface area (Å²) < 4.78 is 71.4. The molecule has 0 spiro atoms. The molecule has 2 aromatic heterocycles. The van der Waals surface area contributed by atoms with Crippen LogP contribution in [0.5, 0.6) is 0 Å². The van der Waals surface area contributed by atoms with E-state index in [2.05, 4.69) is 10.2 Å². The molecule has 202 valence electrons. The molecule has 3 heterocycles. The summed E-state index contributed by atoms with van der Waals surface area (Å²) in [6, 6.07) is 9.51. The summed E-state index contributed by atoms with van der Waals surface area (Å²) in [6.45, 7) is 5.39. The van der Waals surface area contributed by atoms with E-state index in [1.165, 1.54) is 12.1 Å². The molecule has 5 rings (SSSR count). The number of nitrogens with zero attached hydrogens (tertiary/aromatic N) is 6. The lowest BCUT2D eigenvalue weighted by Gasteiger charge is -2.41. The van der Waals surface area contributed by atoms with Crippen molar-refractivity contribution in [3.05, 3.63) is 71.9 Å². The fourth-order valence-electron chi connectivity index (χ4n) is 4.88. The van der Waals surface area contributed by atoms with E-state index in [0.29, 0.717) is 36.8 Å². The van der Waals surface area contributed by atoms with Crippen LogP contribution in [0.2, 0.25) is 0 Å². The third-order valence-corrected chi connectivity index (χ3v) is 8.31. The topological polar surface area (TPSA) is 59.2 Å². The Kier molecular flexibility index (Phi) is 7.38. The van der Waals surface area contributed by atoms with Gasteiger partial charge in [0.2, 0.25) is 0 Å². The Labute approximate surface area is 220 Å². The van der Waals surface area contributed by atoms with E-state index < -0.39 is 29.6 Å². The number of alkyl halides is 3. The zero-order valence-electron chi connectivity index (χ0n) is 21.0. The van der Waals surface area contributed by atoms with Crippen molar-refractivity contribution in [3.63, 3.8) is 0 Å². The highest BCUT2D eigenvalue weighted by Gasteiger charge is 2.35. The van der Waals surface area contributed by atoms with Crippen molar-refractivity contribution in [1.29, 1.82) is 0 Å². The van der Waals surface area contributed by atoms with E-state index >= 15 is 0 Å². The summed E-state index contributed by atoms with van der Waals surface area (Å²) >= 11 is 0. The van der Waals surface area contributed by atoms with Gasteiger partial charge in [-0.3, -0.25) is 9.58 Å². The van der Waals surface area contributed by atoms with Crippen molar-refractivity contribution in [2.45, 2.75) is 43.9 Å². The van der Waals surface area contributed by atoms with Gasteiger partial charge in [-0.1, -0.05) is 0 Å². The van der Waals surface area contributed by atoms with Gasteiger partial charge in [0.05, 0.1) is 34.9 Å². The molecule has 2 unspecified atom stereocenters. The summed E-state index contributed by atoms with van der Waals surface area (Å²) in [5, 5.41) is 9.49. The molecule has 7 nitrogen and oxygen atoms in total. The molecule has 38 heavy (non-hydrogen) atoms. The van der Waals surface area contributed by atoms with Gasteiger partial charge in [0.25, 0.3) is 0 Å². The van der Waals surface area contributed by atoms with Crippen molar-refractivity contribution in [1.82, 2.24) is 28.8 Å². The van der Waals surface area contributed by atoms with Crippen molar-refractivity contribution in [3.8, 4) is 5.69 Å². The zero-order valence-corrected chi connectivity index (χ0v) is 21.8. The summed E-state index contributed by atoms with van der Waals surface area (Å²) in [5.74, 6) is -0.344. The maximum Gasteiger partial charge on any atom is 0.390 e. The first-order chi connectivity index (χ1) is 18.1. The number of aryl methyl sites for hydroxylation is 2. The van der Waals surface area contributed by atoms with Gasteiger partial charge in [-0.25, -0.2) is 17.6 Å². The standard InChI is InChI=1S/C26H28F4N6OS/c1-3-34-16-22(15-31-34)38(37)35-11-10-33(9-8-26(28,29)30)25(17-35)23-13-19-14-32-36(24(19)12-18(23)2)21-6-4-20(27)5-7-21/h4-7,12-16,25H,3,8-11,17H2,1-2H3. The van der Waals surface area contributed by atoms with Gasteiger partial charge in [0.15, 0.2) is 0 Å². The molecule has 0 saturated carbocycles. The normalized spacial score (nSPS) is 18.3. The monoisotopic (exact) mass is 548 g/mol. The predicted octanol–water partition coefficient (Wildman–Crippen LogP) is 5.02. The van der Waals surface area contributed by atoms with Crippen LogP contribution < -0.4 is 0 Å². The molecule has 1 saturated heterocycles. The molecule has 0 amide bonds. The van der Waals surface area contributed by atoms with Gasteiger partial charge in [-0.2, -0.15) is 23.4 Å². The lowest BCUT2D eigenvalue weighted by molar-refractivity contribution is -0.140. The molecule has 1 aliphatic rings. The van der Waals surface area contributed by atoms with Gasteiger partial charge in [-0.15, -0.1) is 0 Å². The number of rotatable bonds is 7. The SMILES string of the molecule is CCn1cc(S(=O)N2CCN(CCC(F)(F)F)C(c3cc4cnn(-c5ccc(F)cc5)c4cc3C)C2)cn1. The molecule has 0 radical (unpaired) electrons. The number of hydrogen-bond acceptors (Lipinski definition) is 4. The Morgan fingerprint density at radius 2 is 1.84 bits per heavy atom. The minimum atomic E-state index is -4.27. The number of aromatic nitrogens is 4. The van der Waals surface area contributed by atoms with Gasteiger partial charge in [-0.05, 0) is 61.4 Å². The first-order valence-corrected chi connectivity index (χ1v) is 13.5. The minimum Gasteiger partial charge on any atom is -0.293 e.